The summed E-state index contributed by atoms with van der Waals surface area (Å²) < 4.78 is 0. The monoisotopic (exact) mass is 451 g/mol. The standard InChI is InChI=1S/C25H37N7O/c1-17(2)9-10-20(15-19-16-26-22-8-6-5-7-21(19)22)27-24(33)23-28-25(30-29-23)32-13-11-31(12-14-32)18(3)4/h5-8,16-18,20,26H,9-15H2,1-4H3,(H,27,33)(H,28,29,30). The van der Waals surface area contributed by atoms with Crippen LogP contribution in [-0.2, 0) is 6.42 Å². The molecule has 178 valence electrons. The van der Waals surface area contributed by atoms with E-state index in [0.29, 0.717) is 17.9 Å². The van der Waals surface area contributed by atoms with Crippen LogP contribution in [0.4, 0.5) is 5.95 Å². The summed E-state index contributed by atoms with van der Waals surface area (Å²) >= 11 is 0. The van der Waals surface area contributed by atoms with E-state index in [4.69, 9.17) is 0 Å². The molecular formula is C25H37N7O. The number of benzene rings is 1. The van der Waals surface area contributed by atoms with E-state index < -0.39 is 0 Å². The summed E-state index contributed by atoms with van der Waals surface area (Å²) in [4.78, 5) is 24.2. The van der Waals surface area contributed by atoms with Gasteiger partial charge in [-0.1, -0.05) is 32.0 Å². The molecule has 4 rings (SSSR count). The van der Waals surface area contributed by atoms with Crippen molar-refractivity contribution in [2.45, 2.75) is 59.0 Å². The SMILES string of the molecule is CC(C)CCC(Cc1c[nH]c2ccccc12)NC(=O)c1nnc(N2CCN(C(C)C)CC2)[nH]1. The second-order valence-corrected chi connectivity index (χ2v) is 9.82. The summed E-state index contributed by atoms with van der Waals surface area (Å²) in [6.45, 7) is 12.6. The fraction of sp³-hybridized carbons (Fsp3) is 0.560. The van der Waals surface area contributed by atoms with Crippen molar-refractivity contribution in [3.63, 3.8) is 0 Å². The largest absolute Gasteiger partial charge is 0.361 e. The molecule has 0 bridgehead atoms. The smallest absolute Gasteiger partial charge is 0.289 e. The third kappa shape index (κ3) is 5.74. The quantitative estimate of drug-likeness (QED) is 0.462. The second-order valence-electron chi connectivity index (χ2n) is 9.82. The van der Waals surface area contributed by atoms with Gasteiger partial charge in [0.25, 0.3) is 5.91 Å². The maximum Gasteiger partial charge on any atom is 0.289 e. The number of nitrogens with zero attached hydrogens (tertiary/aromatic N) is 4. The zero-order valence-electron chi connectivity index (χ0n) is 20.3. The molecule has 0 aliphatic carbocycles. The first-order valence-electron chi connectivity index (χ1n) is 12.2. The second kappa shape index (κ2) is 10.4. The number of aromatic nitrogens is 4. The van der Waals surface area contributed by atoms with Crippen LogP contribution in [0.1, 0.15) is 56.7 Å². The Morgan fingerprint density at radius 1 is 1.06 bits per heavy atom. The van der Waals surface area contributed by atoms with E-state index >= 15 is 0 Å². The Morgan fingerprint density at radius 3 is 2.55 bits per heavy atom. The lowest BCUT2D eigenvalue weighted by molar-refractivity contribution is 0.0923. The highest BCUT2D eigenvalue weighted by Gasteiger charge is 2.24. The summed E-state index contributed by atoms with van der Waals surface area (Å²) in [5, 5.41) is 12.9. The van der Waals surface area contributed by atoms with E-state index in [0.717, 1.165) is 51.0 Å². The average molecular weight is 452 g/mol. The van der Waals surface area contributed by atoms with Crippen LogP contribution < -0.4 is 10.2 Å². The van der Waals surface area contributed by atoms with Gasteiger partial charge in [0, 0.05) is 55.4 Å². The number of aromatic amines is 2. The summed E-state index contributed by atoms with van der Waals surface area (Å²) in [6.07, 6.45) is 4.80. The molecule has 1 aromatic carbocycles. The minimum absolute atomic E-state index is 0.0299. The fourth-order valence-electron chi connectivity index (χ4n) is 4.53. The van der Waals surface area contributed by atoms with Crippen molar-refractivity contribution in [3.05, 3.63) is 41.9 Å². The molecule has 8 heteroatoms. The van der Waals surface area contributed by atoms with Crippen molar-refractivity contribution < 1.29 is 4.79 Å². The Kier molecular flexibility index (Phi) is 7.33. The van der Waals surface area contributed by atoms with Crippen molar-refractivity contribution in [2.24, 2.45) is 5.92 Å². The summed E-state index contributed by atoms with van der Waals surface area (Å²) in [7, 11) is 0. The van der Waals surface area contributed by atoms with E-state index in [1.54, 1.807) is 0 Å². The third-order valence-electron chi connectivity index (χ3n) is 6.60. The van der Waals surface area contributed by atoms with Crippen molar-refractivity contribution in [1.82, 2.24) is 30.4 Å². The Bertz CT molecular complexity index is 1050. The van der Waals surface area contributed by atoms with Gasteiger partial charge in [-0.3, -0.25) is 9.69 Å². The Balaban J connectivity index is 1.41. The van der Waals surface area contributed by atoms with Crippen LogP contribution in [0.15, 0.2) is 30.5 Å². The van der Waals surface area contributed by atoms with Gasteiger partial charge in [0.1, 0.15) is 0 Å². The molecule has 33 heavy (non-hydrogen) atoms. The molecule has 1 aliphatic rings. The van der Waals surface area contributed by atoms with Crippen LogP contribution in [-0.4, -0.2) is 69.2 Å². The van der Waals surface area contributed by atoms with Crippen LogP contribution >= 0.6 is 0 Å². The lowest BCUT2D eigenvalue weighted by Crippen LogP contribution is -2.49. The molecule has 1 amide bonds. The number of anilines is 1. The highest BCUT2D eigenvalue weighted by molar-refractivity contribution is 5.91. The van der Waals surface area contributed by atoms with Crippen molar-refractivity contribution in [1.29, 1.82) is 0 Å². The first kappa shape index (κ1) is 23.3. The van der Waals surface area contributed by atoms with E-state index in [1.165, 1.54) is 10.9 Å². The third-order valence-corrected chi connectivity index (χ3v) is 6.60. The number of H-pyrrole nitrogens is 2. The van der Waals surface area contributed by atoms with Crippen molar-refractivity contribution in [3.8, 4) is 0 Å². The lowest BCUT2D eigenvalue weighted by Gasteiger charge is -2.36. The first-order chi connectivity index (χ1) is 15.9. The number of amides is 1. The van der Waals surface area contributed by atoms with E-state index in [-0.39, 0.29) is 17.8 Å². The maximum atomic E-state index is 13.0. The van der Waals surface area contributed by atoms with E-state index in [9.17, 15) is 4.79 Å². The number of hydrogen-bond acceptors (Lipinski definition) is 5. The zero-order valence-corrected chi connectivity index (χ0v) is 20.3. The number of piperazine rings is 1. The fourth-order valence-corrected chi connectivity index (χ4v) is 4.53. The molecular weight excluding hydrogens is 414 g/mol. The van der Waals surface area contributed by atoms with E-state index in [1.807, 2.05) is 6.07 Å². The van der Waals surface area contributed by atoms with E-state index in [2.05, 4.69) is 87.4 Å². The molecule has 1 atom stereocenters. The zero-order chi connectivity index (χ0) is 23.4. The average Bonchev–Trinajstić information content (AvgIpc) is 3.45. The highest BCUT2D eigenvalue weighted by atomic mass is 16.2. The van der Waals surface area contributed by atoms with Gasteiger partial charge in [-0.15, -0.1) is 10.2 Å². The number of carbonyl (C=O) groups excluding carboxylic acids is 1. The highest BCUT2D eigenvalue weighted by Crippen LogP contribution is 2.21. The topological polar surface area (TPSA) is 92.9 Å². The van der Waals surface area contributed by atoms with Crippen LogP contribution in [0, 0.1) is 5.92 Å². The molecule has 1 unspecified atom stereocenters. The molecule has 0 spiro atoms. The maximum absolute atomic E-state index is 13.0. The summed E-state index contributed by atoms with van der Waals surface area (Å²) in [5.41, 5.74) is 2.35. The number of nitrogens with one attached hydrogen (secondary N) is 3. The molecule has 1 saturated heterocycles. The van der Waals surface area contributed by atoms with Crippen LogP contribution in [0.25, 0.3) is 10.9 Å². The molecule has 2 aromatic heterocycles. The molecule has 3 heterocycles. The van der Waals surface area contributed by atoms with Crippen LogP contribution in [0.2, 0.25) is 0 Å². The number of hydrogen-bond donors (Lipinski definition) is 3. The number of carbonyl (C=O) groups is 1. The molecule has 0 radical (unpaired) electrons. The van der Waals surface area contributed by atoms with Gasteiger partial charge in [0.05, 0.1) is 0 Å². The number of para-hydroxylation sites is 1. The predicted octanol–water partition coefficient (Wildman–Crippen LogP) is 3.59. The van der Waals surface area contributed by atoms with Gasteiger partial charge in [-0.2, -0.15) is 0 Å². The summed E-state index contributed by atoms with van der Waals surface area (Å²) in [6, 6.07) is 8.87. The predicted molar refractivity (Wildman–Crippen MR) is 133 cm³/mol. The van der Waals surface area contributed by atoms with Gasteiger partial charge >= 0.3 is 0 Å². The Labute approximate surface area is 196 Å². The molecule has 0 saturated carbocycles. The lowest BCUT2D eigenvalue weighted by atomic mass is 9.97. The van der Waals surface area contributed by atoms with Crippen molar-refractivity contribution >= 4 is 22.8 Å². The normalized spacial score (nSPS) is 16.1. The van der Waals surface area contributed by atoms with Gasteiger partial charge in [0.2, 0.25) is 11.8 Å². The Morgan fingerprint density at radius 2 is 1.82 bits per heavy atom. The van der Waals surface area contributed by atoms with Crippen molar-refractivity contribution in [2.75, 3.05) is 31.1 Å². The van der Waals surface area contributed by atoms with Crippen LogP contribution in [0.5, 0.6) is 0 Å². The molecule has 1 aliphatic heterocycles. The minimum Gasteiger partial charge on any atom is -0.361 e. The van der Waals surface area contributed by atoms with Gasteiger partial charge < -0.3 is 20.2 Å². The number of rotatable bonds is 9. The van der Waals surface area contributed by atoms with Gasteiger partial charge in [-0.25, -0.2) is 0 Å². The molecule has 3 aromatic rings. The molecule has 3 N–H and O–H groups in total. The van der Waals surface area contributed by atoms with Gasteiger partial charge in [-0.05, 0) is 50.7 Å². The first-order valence-corrected chi connectivity index (χ1v) is 12.2. The molecule has 8 nitrogen and oxygen atoms in total. The van der Waals surface area contributed by atoms with Crippen LogP contribution in [0.3, 0.4) is 0 Å². The minimum atomic E-state index is -0.192. The summed E-state index contributed by atoms with van der Waals surface area (Å²) in [5.74, 6) is 1.35. The molecule has 1 fully saturated rings. The Hall–Kier alpha value is -2.87. The van der Waals surface area contributed by atoms with Gasteiger partial charge in [0.15, 0.2) is 0 Å². The number of fused-ring (bicyclic) bond motifs is 1.